The molecule has 2 aliphatic heterocycles. The lowest BCUT2D eigenvalue weighted by Gasteiger charge is -2.33. The Balaban J connectivity index is 1.59. The van der Waals surface area contributed by atoms with Gasteiger partial charge in [-0.15, -0.1) is 0 Å². The van der Waals surface area contributed by atoms with Crippen molar-refractivity contribution in [3.63, 3.8) is 0 Å². The van der Waals surface area contributed by atoms with Crippen molar-refractivity contribution in [3.8, 4) is 17.2 Å². The molecule has 2 fully saturated rings. The average Bonchev–Trinajstić information content (AvgIpc) is 3.22. The molecule has 2 saturated heterocycles. The van der Waals surface area contributed by atoms with Gasteiger partial charge in [-0.2, -0.15) is 0 Å². The molecule has 1 aromatic carbocycles. The summed E-state index contributed by atoms with van der Waals surface area (Å²) in [5, 5.41) is 0. The van der Waals surface area contributed by atoms with Crippen molar-refractivity contribution in [1.82, 2.24) is 9.80 Å². The average molecular weight is 362 g/mol. The number of ether oxygens (including phenoxy) is 3. The molecule has 0 aliphatic carbocycles. The largest absolute Gasteiger partial charge is 0.493 e. The Morgan fingerprint density at radius 1 is 0.962 bits per heavy atom. The first-order valence-corrected chi connectivity index (χ1v) is 9.46. The van der Waals surface area contributed by atoms with E-state index < -0.39 is 0 Å². The Morgan fingerprint density at radius 3 is 2.04 bits per heavy atom. The van der Waals surface area contributed by atoms with Crippen LogP contribution in [0, 0.1) is 5.92 Å². The highest BCUT2D eigenvalue weighted by atomic mass is 16.5. The highest BCUT2D eigenvalue weighted by Gasteiger charge is 2.29. The van der Waals surface area contributed by atoms with E-state index in [-0.39, 0.29) is 5.92 Å². The predicted molar refractivity (Wildman–Crippen MR) is 99.9 cm³/mol. The van der Waals surface area contributed by atoms with Crippen molar-refractivity contribution in [3.05, 3.63) is 17.7 Å². The third-order valence-electron chi connectivity index (χ3n) is 5.49. The van der Waals surface area contributed by atoms with Gasteiger partial charge in [0.2, 0.25) is 11.7 Å². The third-order valence-corrected chi connectivity index (χ3v) is 5.49. The maximum Gasteiger partial charge on any atom is 0.225 e. The molecule has 0 saturated carbocycles. The second-order valence-corrected chi connectivity index (χ2v) is 7.12. The van der Waals surface area contributed by atoms with Gasteiger partial charge >= 0.3 is 0 Å². The highest BCUT2D eigenvalue weighted by molar-refractivity contribution is 5.79. The third kappa shape index (κ3) is 4.06. The van der Waals surface area contributed by atoms with E-state index in [1.165, 1.54) is 0 Å². The summed E-state index contributed by atoms with van der Waals surface area (Å²) in [6.45, 7) is 4.61. The van der Waals surface area contributed by atoms with Crippen LogP contribution >= 0.6 is 0 Å². The summed E-state index contributed by atoms with van der Waals surface area (Å²) in [6.07, 6.45) is 4.21. The Hall–Kier alpha value is -1.95. The first-order chi connectivity index (χ1) is 12.7. The molecule has 6 heteroatoms. The van der Waals surface area contributed by atoms with E-state index in [1.807, 2.05) is 12.1 Å². The van der Waals surface area contributed by atoms with E-state index in [0.717, 1.165) is 64.0 Å². The van der Waals surface area contributed by atoms with Crippen molar-refractivity contribution in [2.75, 3.05) is 47.5 Å². The summed E-state index contributed by atoms with van der Waals surface area (Å²) in [5.41, 5.74) is 1.13. The molecule has 2 heterocycles. The van der Waals surface area contributed by atoms with Crippen molar-refractivity contribution >= 4 is 5.91 Å². The summed E-state index contributed by atoms with van der Waals surface area (Å²) >= 11 is 0. The number of amides is 1. The maximum atomic E-state index is 12.6. The molecule has 6 nitrogen and oxygen atoms in total. The van der Waals surface area contributed by atoms with Crippen molar-refractivity contribution in [2.45, 2.75) is 32.2 Å². The van der Waals surface area contributed by atoms with Gasteiger partial charge in [-0.05, 0) is 56.5 Å². The summed E-state index contributed by atoms with van der Waals surface area (Å²) < 4.78 is 16.3. The van der Waals surface area contributed by atoms with Crippen molar-refractivity contribution < 1.29 is 19.0 Å². The van der Waals surface area contributed by atoms with Gasteiger partial charge in [0.1, 0.15) is 0 Å². The van der Waals surface area contributed by atoms with E-state index in [0.29, 0.717) is 23.2 Å². The van der Waals surface area contributed by atoms with Crippen LogP contribution in [-0.4, -0.2) is 63.2 Å². The van der Waals surface area contributed by atoms with Crippen molar-refractivity contribution in [1.29, 1.82) is 0 Å². The Labute approximate surface area is 156 Å². The van der Waals surface area contributed by atoms with Crippen LogP contribution < -0.4 is 14.2 Å². The topological polar surface area (TPSA) is 51.2 Å². The molecule has 1 aromatic rings. The fraction of sp³-hybridized carbons (Fsp3) is 0.650. The molecule has 0 atom stereocenters. The lowest BCUT2D eigenvalue weighted by molar-refractivity contribution is -0.136. The number of carbonyl (C=O) groups is 1. The van der Waals surface area contributed by atoms with Crippen molar-refractivity contribution in [2.24, 2.45) is 5.92 Å². The molecule has 0 radical (unpaired) electrons. The normalized spacial score (nSPS) is 18.8. The standard InChI is InChI=1S/C20H30N2O4/c1-24-17-12-15(13-18(25-2)19(17)26-3)14-21-10-6-16(7-11-21)20(23)22-8-4-5-9-22/h12-13,16H,4-11,14H2,1-3H3. The number of carbonyl (C=O) groups excluding carboxylic acids is 1. The number of likely N-dealkylation sites (tertiary alicyclic amines) is 2. The molecular formula is C20H30N2O4. The Bertz CT molecular complexity index is 595. The molecule has 0 N–H and O–H groups in total. The van der Waals surface area contributed by atoms with E-state index in [2.05, 4.69) is 9.80 Å². The molecule has 2 aliphatic rings. The highest BCUT2D eigenvalue weighted by Crippen LogP contribution is 2.38. The van der Waals surface area contributed by atoms with Gasteiger partial charge in [-0.3, -0.25) is 9.69 Å². The predicted octanol–water partition coefficient (Wildman–Crippen LogP) is 2.55. The second-order valence-electron chi connectivity index (χ2n) is 7.12. The molecule has 0 bridgehead atoms. The van der Waals surface area contributed by atoms with Crippen LogP contribution in [0.15, 0.2) is 12.1 Å². The molecule has 144 valence electrons. The summed E-state index contributed by atoms with van der Waals surface area (Å²) in [7, 11) is 4.88. The number of hydrogen-bond donors (Lipinski definition) is 0. The summed E-state index contributed by atoms with van der Waals surface area (Å²) in [4.78, 5) is 17.0. The molecule has 26 heavy (non-hydrogen) atoms. The quantitative estimate of drug-likeness (QED) is 0.778. The summed E-state index contributed by atoms with van der Waals surface area (Å²) in [6, 6.07) is 4.01. The molecular weight excluding hydrogens is 332 g/mol. The van der Waals surface area contributed by atoms with Crippen LogP contribution in [0.2, 0.25) is 0 Å². The zero-order valence-corrected chi connectivity index (χ0v) is 16.1. The Kier molecular flexibility index (Phi) is 6.25. The number of nitrogens with zero attached hydrogens (tertiary/aromatic N) is 2. The van der Waals surface area contributed by atoms with Gasteiger partial charge in [0.15, 0.2) is 11.5 Å². The minimum absolute atomic E-state index is 0.198. The zero-order chi connectivity index (χ0) is 18.5. The van der Waals surface area contributed by atoms with E-state index in [1.54, 1.807) is 21.3 Å². The molecule has 3 rings (SSSR count). The van der Waals surface area contributed by atoms with Crippen LogP contribution in [0.1, 0.15) is 31.2 Å². The number of piperidine rings is 1. The van der Waals surface area contributed by atoms with E-state index in [9.17, 15) is 4.79 Å². The second kappa shape index (κ2) is 8.62. The van der Waals surface area contributed by atoms with Crippen LogP contribution in [0.25, 0.3) is 0 Å². The fourth-order valence-corrected chi connectivity index (χ4v) is 4.02. The first kappa shape index (κ1) is 18.8. The number of methoxy groups -OCH3 is 3. The maximum absolute atomic E-state index is 12.6. The molecule has 0 spiro atoms. The van der Waals surface area contributed by atoms with Crippen LogP contribution in [-0.2, 0) is 11.3 Å². The molecule has 0 unspecified atom stereocenters. The Morgan fingerprint density at radius 2 is 1.54 bits per heavy atom. The minimum Gasteiger partial charge on any atom is -0.493 e. The van der Waals surface area contributed by atoms with Gasteiger partial charge in [-0.25, -0.2) is 0 Å². The van der Waals surface area contributed by atoms with E-state index >= 15 is 0 Å². The fourth-order valence-electron chi connectivity index (χ4n) is 4.02. The molecule has 1 amide bonds. The van der Waals surface area contributed by atoms with Gasteiger partial charge < -0.3 is 19.1 Å². The van der Waals surface area contributed by atoms with Crippen LogP contribution in [0.5, 0.6) is 17.2 Å². The monoisotopic (exact) mass is 362 g/mol. The van der Waals surface area contributed by atoms with E-state index in [4.69, 9.17) is 14.2 Å². The van der Waals surface area contributed by atoms with Gasteiger partial charge in [0, 0.05) is 25.6 Å². The lowest BCUT2D eigenvalue weighted by Crippen LogP contribution is -2.41. The number of benzene rings is 1. The number of rotatable bonds is 6. The van der Waals surface area contributed by atoms with Crippen LogP contribution in [0.4, 0.5) is 0 Å². The smallest absolute Gasteiger partial charge is 0.225 e. The minimum atomic E-state index is 0.198. The van der Waals surface area contributed by atoms with Gasteiger partial charge in [0.05, 0.1) is 21.3 Å². The van der Waals surface area contributed by atoms with Gasteiger partial charge in [0.25, 0.3) is 0 Å². The molecule has 0 aromatic heterocycles. The number of hydrogen-bond acceptors (Lipinski definition) is 5. The van der Waals surface area contributed by atoms with Crippen LogP contribution in [0.3, 0.4) is 0 Å². The lowest BCUT2D eigenvalue weighted by atomic mass is 9.95. The van der Waals surface area contributed by atoms with Gasteiger partial charge in [-0.1, -0.05) is 0 Å². The zero-order valence-electron chi connectivity index (χ0n) is 16.1. The first-order valence-electron chi connectivity index (χ1n) is 9.46. The SMILES string of the molecule is COc1cc(CN2CCC(C(=O)N3CCCC3)CC2)cc(OC)c1OC. The summed E-state index contributed by atoms with van der Waals surface area (Å²) in [5.74, 6) is 2.55.